The topological polar surface area (TPSA) is 29.1 Å². The number of hydrogen-bond donors (Lipinski definition) is 1. The zero-order valence-corrected chi connectivity index (χ0v) is 9.97. The minimum absolute atomic E-state index is 0.0148. The Kier molecular flexibility index (Phi) is 5.45. The van der Waals surface area contributed by atoms with Crippen molar-refractivity contribution in [1.82, 2.24) is 5.32 Å². The van der Waals surface area contributed by atoms with Gasteiger partial charge in [-0.1, -0.05) is 24.0 Å². The number of carbonyl (C=O) groups is 1. The largest absolute Gasteiger partial charge is 0.359 e. The first-order valence-electron chi connectivity index (χ1n) is 5.10. The second-order valence-electron chi connectivity index (χ2n) is 3.29. The summed E-state index contributed by atoms with van der Waals surface area (Å²) in [5.74, 6) is 6.54. The monoisotopic (exact) mass is 235 g/mol. The van der Waals surface area contributed by atoms with Crippen LogP contribution < -0.4 is 5.32 Å². The van der Waals surface area contributed by atoms with Gasteiger partial charge in [-0.3, -0.25) is 4.79 Å². The Morgan fingerprint density at radius 3 is 2.62 bits per heavy atom. The van der Waals surface area contributed by atoms with Crippen LogP contribution in [0.25, 0.3) is 0 Å². The van der Waals surface area contributed by atoms with Crippen LogP contribution in [0.3, 0.4) is 0 Å². The first-order valence-corrected chi connectivity index (χ1v) is 5.64. The van der Waals surface area contributed by atoms with E-state index in [4.69, 9.17) is 11.6 Å². The molecule has 1 rings (SSSR count). The summed E-state index contributed by atoms with van der Waals surface area (Å²) in [6.45, 7) is 0. The van der Waals surface area contributed by atoms with Crippen molar-refractivity contribution in [3.8, 4) is 11.8 Å². The minimum Gasteiger partial charge on any atom is -0.359 e. The number of rotatable bonds is 3. The molecule has 0 unspecified atom stereocenters. The number of nitrogens with one attached hydrogen (secondary N) is 1. The van der Waals surface area contributed by atoms with Gasteiger partial charge in [-0.15, -0.1) is 11.6 Å². The number of likely N-dealkylation sites (N-methyl/N-ethyl adjacent to an activating group) is 1. The summed E-state index contributed by atoms with van der Waals surface area (Å²) in [6.07, 6.45) is 1.10. The Morgan fingerprint density at radius 1 is 1.38 bits per heavy atom. The quantitative estimate of drug-likeness (QED) is 0.630. The van der Waals surface area contributed by atoms with Crippen LogP contribution in [-0.2, 0) is 11.2 Å². The zero-order chi connectivity index (χ0) is 11.8. The van der Waals surface area contributed by atoms with Crippen LogP contribution in [0.4, 0.5) is 0 Å². The molecule has 0 heterocycles. The molecule has 0 atom stereocenters. The molecular formula is C13H14ClNO. The fraction of sp³-hybridized carbons (Fsp3) is 0.308. The van der Waals surface area contributed by atoms with Crippen molar-refractivity contribution in [1.29, 1.82) is 0 Å². The second kappa shape index (κ2) is 6.92. The Hall–Kier alpha value is -1.46. The van der Waals surface area contributed by atoms with Crippen LogP contribution in [0.5, 0.6) is 0 Å². The van der Waals surface area contributed by atoms with Crippen molar-refractivity contribution >= 4 is 17.5 Å². The van der Waals surface area contributed by atoms with Crippen LogP contribution in [0.2, 0.25) is 0 Å². The molecule has 16 heavy (non-hydrogen) atoms. The van der Waals surface area contributed by atoms with Gasteiger partial charge in [0, 0.05) is 24.9 Å². The average Bonchev–Trinajstić information content (AvgIpc) is 2.31. The highest BCUT2D eigenvalue weighted by atomic mass is 35.5. The lowest BCUT2D eigenvalue weighted by molar-refractivity contribution is -0.119. The lowest BCUT2D eigenvalue weighted by atomic mass is 10.1. The average molecular weight is 236 g/mol. The maximum atomic E-state index is 11.1. The Morgan fingerprint density at radius 2 is 2.06 bits per heavy atom. The minimum atomic E-state index is 0.0148. The summed E-state index contributed by atoms with van der Waals surface area (Å²) in [6, 6.07) is 7.67. The van der Waals surface area contributed by atoms with Gasteiger partial charge in [-0.2, -0.15) is 0 Å². The molecule has 0 bridgehead atoms. The van der Waals surface area contributed by atoms with Crippen LogP contribution >= 0.6 is 11.6 Å². The number of hydrogen-bond acceptors (Lipinski definition) is 1. The maximum Gasteiger partial charge on any atom is 0.224 e. The molecular weight excluding hydrogens is 222 g/mol. The molecule has 0 aliphatic rings. The molecule has 0 radical (unpaired) electrons. The smallest absolute Gasteiger partial charge is 0.224 e. The molecule has 3 heteroatoms. The number of carbonyl (C=O) groups excluding carboxylic acids is 1. The molecule has 1 aromatic rings. The standard InChI is InChI=1S/C13H14ClNO/c1-15-13(16)10-12-7-5-11(6-8-12)4-2-3-9-14/h5-8H,3,9-10H2,1H3,(H,15,16). The lowest BCUT2D eigenvalue weighted by Crippen LogP contribution is -2.19. The fourth-order valence-electron chi connectivity index (χ4n) is 1.19. The maximum absolute atomic E-state index is 11.1. The van der Waals surface area contributed by atoms with Gasteiger partial charge < -0.3 is 5.32 Å². The van der Waals surface area contributed by atoms with Gasteiger partial charge in [0.1, 0.15) is 0 Å². The summed E-state index contributed by atoms with van der Waals surface area (Å²) in [7, 11) is 1.63. The van der Waals surface area contributed by atoms with Crippen molar-refractivity contribution in [2.24, 2.45) is 0 Å². The fourth-order valence-corrected chi connectivity index (χ4v) is 1.29. The normalized spacial score (nSPS) is 9.12. The molecule has 1 N–H and O–H groups in total. The van der Waals surface area contributed by atoms with E-state index in [9.17, 15) is 4.79 Å². The van der Waals surface area contributed by atoms with E-state index in [1.807, 2.05) is 24.3 Å². The molecule has 0 aliphatic heterocycles. The van der Waals surface area contributed by atoms with E-state index < -0.39 is 0 Å². The Labute approximate surface area is 101 Å². The molecule has 1 amide bonds. The van der Waals surface area contributed by atoms with Crippen molar-refractivity contribution in [3.63, 3.8) is 0 Å². The van der Waals surface area contributed by atoms with E-state index >= 15 is 0 Å². The third-order valence-corrected chi connectivity index (χ3v) is 2.24. The SMILES string of the molecule is CNC(=O)Cc1ccc(C#CCCCl)cc1. The number of amides is 1. The van der Waals surface area contributed by atoms with Crippen LogP contribution in [0.1, 0.15) is 17.5 Å². The highest BCUT2D eigenvalue weighted by Gasteiger charge is 1.99. The summed E-state index contributed by atoms with van der Waals surface area (Å²) >= 11 is 5.52. The Balaban J connectivity index is 2.62. The van der Waals surface area contributed by atoms with Gasteiger partial charge in [0.05, 0.1) is 6.42 Å². The molecule has 0 aromatic heterocycles. The number of halogens is 1. The molecule has 0 saturated heterocycles. The van der Waals surface area contributed by atoms with Gasteiger partial charge in [-0.05, 0) is 17.7 Å². The van der Waals surface area contributed by atoms with Gasteiger partial charge in [-0.25, -0.2) is 0 Å². The van der Waals surface area contributed by atoms with Crippen molar-refractivity contribution < 1.29 is 4.79 Å². The summed E-state index contributed by atoms with van der Waals surface area (Å²) < 4.78 is 0. The van der Waals surface area contributed by atoms with Gasteiger partial charge in [0.2, 0.25) is 5.91 Å². The van der Waals surface area contributed by atoms with Gasteiger partial charge >= 0.3 is 0 Å². The second-order valence-corrected chi connectivity index (χ2v) is 3.67. The summed E-state index contributed by atoms with van der Waals surface area (Å²) in [5, 5.41) is 2.59. The predicted octanol–water partition coefficient (Wildman–Crippen LogP) is 1.96. The lowest BCUT2D eigenvalue weighted by Gasteiger charge is -1.99. The summed E-state index contributed by atoms with van der Waals surface area (Å²) in [4.78, 5) is 11.1. The van der Waals surface area contributed by atoms with Crippen LogP contribution in [0, 0.1) is 11.8 Å². The first kappa shape index (κ1) is 12.6. The molecule has 0 aliphatic carbocycles. The molecule has 84 valence electrons. The first-order chi connectivity index (χ1) is 7.76. The highest BCUT2D eigenvalue weighted by molar-refractivity contribution is 6.18. The van der Waals surface area contributed by atoms with E-state index in [1.54, 1.807) is 7.05 Å². The third kappa shape index (κ3) is 4.37. The third-order valence-electron chi connectivity index (χ3n) is 2.05. The van der Waals surface area contributed by atoms with E-state index in [0.717, 1.165) is 11.1 Å². The van der Waals surface area contributed by atoms with E-state index in [-0.39, 0.29) is 5.91 Å². The van der Waals surface area contributed by atoms with E-state index in [1.165, 1.54) is 0 Å². The molecule has 0 fully saturated rings. The molecule has 0 saturated carbocycles. The highest BCUT2D eigenvalue weighted by Crippen LogP contribution is 2.04. The van der Waals surface area contributed by atoms with Crippen molar-refractivity contribution in [3.05, 3.63) is 35.4 Å². The van der Waals surface area contributed by atoms with Crippen molar-refractivity contribution in [2.75, 3.05) is 12.9 Å². The Bertz CT molecular complexity index is 400. The van der Waals surface area contributed by atoms with Gasteiger partial charge in [0.25, 0.3) is 0 Å². The van der Waals surface area contributed by atoms with Crippen LogP contribution in [0.15, 0.2) is 24.3 Å². The molecule has 1 aromatic carbocycles. The predicted molar refractivity (Wildman–Crippen MR) is 66.4 cm³/mol. The number of alkyl halides is 1. The molecule has 2 nitrogen and oxygen atoms in total. The summed E-state index contributed by atoms with van der Waals surface area (Å²) in [5.41, 5.74) is 1.94. The molecule has 0 spiro atoms. The number of benzene rings is 1. The van der Waals surface area contributed by atoms with E-state index in [0.29, 0.717) is 18.7 Å². The van der Waals surface area contributed by atoms with Crippen molar-refractivity contribution in [2.45, 2.75) is 12.8 Å². The van der Waals surface area contributed by atoms with E-state index in [2.05, 4.69) is 17.2 Å². The van der Waals surface area contributed by atoms with Gasteiger partial charge in [0.15, 0.2) is 0 Å². The zero-order valence-electron chi connectivity index (χ0n) is 9.22. The van der Waals surface area contributed by atoms with Crippen LogP contribution in [-0.4, -0.2) is 18.8 Å².